The van der Waals surface area contributed by atoms with Crippen molar-refractivity contribution in [2.75, 3.05) is 25.1 Å². The molecule has 1 aromatic carbocycles. The quantitative estimate of drug-likeness (QED) is 0.661. The Morgan fingerprint density at radius 1 is 1.05 bits per heavy atom. The van der Waals surface area contributed by atoms with Gasteiger partial charge in [-0.05, 0) is 12.1 Å². The topological polar surface area (TPSA) is 85.6 Å². The van der Waals surface area contributed by atoms with Crippen molar-refractivity contribution in [3.8, 4) is 0 Å². The number of aliphatic hydroxyl groups excluding tert-OH is 3. The standard InChI is InChI=1S/C13H15BrN2O3/c14-11-3-1-2-10-9(11)4-5-15-12(10)16-13(6-17,7-18)8-19/h1-5,17-19H,6-8H2,(H,15,16). The summed E-state index contributed by atoms with van der Waals surface area (Å²) in [5.41, 5.74) is -1.19. The minimum atomic E-state index is -1.19. The van der Waals surface area contributed by atoms with Crippen molar-refractivity contribution in [3.05, 3.63) is 34.9 Å². The molecule has 2 rings (SSSR count). The van der Waals surface area contributed by atoms with Gasteiger partial charge in [-0.2, -0.15) is 0 Å². The maximum absolute atomic E-state index is 9.34. The zero-order chi connectivity index (χ0) is 13.9. The van der Waals surface area contributed by atoms with Gasteiger partial charge < -0.3 is 20.6 Å². The van der Waals surface area contributed by atoms with Crippen LogP contribution >= 0.6 is 15.9 Å². The fraction of sp³-hybridized carbons (Fsp3) is 0.308. The Labute approximate surface area is 119 Å². The van der Waals surface area contributed by atoms with Gasteiger partial charge in [0, 0.05) is 21.4 Å². The molecule has 0 saturated heterocycles. The summed E-state index contributed by atoms with van der Waals surface area (Å²) < 4.78 is 0.929. The Balaban J connectivity index is 2.49. The third-order valence-electron chi connectivity index (χ3n) is 3.04. The van der Waals surface area contributed by atoms with E-state index in [4.69, 9.17) is 0 Å². The zero-order valence-electron chi connectivity index (χ0n) is 10.2. The Morgan fingerprint density at radius 2 is 1.74 bits per heavy atom. The van der Waals surface area contributed by atoms with Gasteiger partial charge in [-0.25, -0.2) is 4.98 Å². The molecule has 0 spiro atoms. The van der Waals surface area contributed by atoms with Crippen LogP contribution in [0.3, 0.4) is 0 Å². The highest BCUT2D eigenvalue weighted by molar-refractivity contribution is 9.10. The van der Waals surface area contributed by atoms with Gasteiger partial charge in [0.1, 0.15) is 11.4 Å². The molecule has 0 amide bonds. The molecule has 6 heteroatoms. The van der Waals surface area contributed by atoms with Crippen LogP contribution in [-0.4, -0.2) is 45.7 Å². The predicted octanol–water partition coefficient (Wildman–Crippen LogP) is 1.12. The first kappa shape index (κ1) is 14.2. The van der Waals surface area contributed by atoms with Gasteiger partial charge in [0.15, 0.2) is 0 Å². The van der Waals surface area contributed by atoms with Crippen molar-refractivity contribution in [1.82, 2.24) is 4.98 Å². The van der Waals surface area contributed by atoms with Crippen LogP contribution in [0.5, 0.6) is 0 Å². The largest absolute Gasteiger partial charge is 0.394 e. The number of rotatable bonds is 5. The normalized spacial score (nSPS) is 11.8. The highest BCUT2D eigenvalue weighted by Gasteiger charge is 2.28. The monoisotopic (exact) mass is 326 g/mol. The summed E-state index contributed by atoms with van der Waals surface area (Å²) in [6.07, 6.45) is 1.63. The molecular weight excluding hydrogens is 312 g/mol. The summed E-state index contributed by atoms with van der Waals surface area (Å²) in [6, 6.07) is 7.54. The SMILES string of the molecule is OCC(CO)(CO)Nc1nccc2c(Br)cccc12. The molecule has 0 saturated carbocycles. The number of fused-ring (bicyclic) bond motifs is 1. The van der Waals surface area contributed by atoms with E-state index < -0.39 is 25.4 Å². The molecule has 19 heavy (non-hydrogen) atoms. The molecule has 4 N–H and O–H groups in total. The first-order chi connectivity index (χ1) is 9.15. The lowest BCUT2D eigenvalue weighted by molar-refractivity contribution is 0.0832. The lowest BCUT2D eigenvalue weighted by Gasteiger charge is -2.29. The van der Waals surface area contributed by atoms with Gasteiger partial charge >= 0.3 is 0 Å². The van der Waals surface area contributed by atoms with E-state index in [1.165, 1.54) is 0 Å². The molecule has 0 aliphatic heterocycles. The van der Waals surface area contributed by atoms with Crippen LogP contribution in [0.25, 0.3) is 10.8 Å². The van der Waals surface area contributed by atoms with E-state index >= 15 is 0 Å². The van der Waals surface area contributed by atoms with Gasteiger partial charge in [0.2, 0.25) is 0 Å². The molecule has 0 bridgehead atoms. The molecule has 0 radical (unpaired) electrons. The molecule has 102 valence electrons. The van der Waals surface area contributed by atoms with E-state index in [-0.39, 0.29) is 0 Å². The summed E-state index contributed by atoms with van der Waals surface area (Å²) in [7, 11) is 0. The Morgan fingerprint density at radius 3 is 2.37 bits per heavy atom. The minimum Gasteiger partial charge on any atom is -0.394 e. The van der Waals surface area contributed by atoms with Gasteiger partial charge in [-0.15, -0.1) is 0 Å². The molecular formula is C13H15BrN2O3. The molecule has 0 aliphatic rings. The van der Waals surface area contributed by atoms with Crippen molar-refractivity contribution in [2.45, 2.75) is 5.54 Å². The van der Waals surface area contributed by atoms with E-state index in [9.17, 15) is 15.3 Å². The predicted molar refractivity (Wildman–Crippen MR) is 77.1 cm³/mol. The zero-order valence-corrected chi connectivity index (χ0v) is 11.8. The minimum absolute atomic E-state index is 0.397. The fourth-order valence-electron chi connectivity index (χ4n) is 1.79. The maximum atomic E-state index is 9.34. The number of aromatic nitrogens is 1. The summed E-state index contributed by atoms with van der Waals surface area (Å²) in [4.78, 5) is 4.21. The molecule has 0 fully saturated rings. The van der Waals surface area contributed by atoms with Crippen LogP contribution in [0.4, 0.5) is 5.82 Å². The molecule has 1 heterocycles. The van der Waals surface area contributed by atoms with Crippen molar-refractivity contribution in [1.29, 1.82) is 0 Å². The van der Waals surface area contributed by atoms with Crippen molar-refractivity contribution < 1.29 is 15.3 Å². The Kier molecular flexibility index (Phi) is 4.36. The summed E-state index contributed by atoms with van der Waals surface area (Å²) in [5.74, 6) is 0.510. The Bertz CT molecular complexity index is 565. The van der Waals surface area contributed by atoms with Crippen LogP contribution < -0.4 is 5.32 Å². The van der Waals surface area contributed by atoms with Gasteiger partial charge in [0.25, 0.3) is 0 Å². The van der Waals surface area contributed by atoms with E-state index in [0.717, 1.165) is 15.2 Å². The lowest BCUT2D eigenvalue weighted by Crippen LogP contribution is -2.49. The molecule has 2 aromatic rings. The first-order valence-electron chi connectivity index (χ1n) is 5.80. The molecule has 1 aromatic heterocycles. The van der Waals surface area contributed by atoms with Crippen LogP contribution in [0, 0.1) is 0 Å². The van der Waals surface area contributed by atoms with Crippen molar-refractivity contribution >= 4 is 32.5 Å². The number of aliphatic hydroxyl groups is 3. The van der Waals surface area contributed by atoms with Crippen LogP contribution in [0.2, 0.25) is 0 Å². The van der Waals surface area contributed by atoms with Gasteiger partial charge in [0.05, 0.1) is 19.8 Å². The second kappa shape index (κ2) is 5.83. The number of pyridine rings is 1. The lowest BCUT2D eigenvalue weighted by atomic mass is 10.0. The van der Waals surface area contributed by atoms with Gasteiger partial charge in [-0.1, -0.05) is 28.1 Å². The summed E-state index contributed by atoms with van der Waals surface area (Å²) in [5, 5.41) is 32.8. The number of anilines is 1. The van der Waals surface area contributed by atoms with Gasteiger partial charge in [-0.3, -0.25) is 0 Å². The Hall–Kier alpha value is -1.21. The average molecular weight is 327 g/mol. The van der Waals surface area contributed by atoms with E-state index in [2.05, 4.69) is 26.2 Å². The third-order valence-corrected chi connectivity index (χ3v) is 3.74. The molecule has 0 atom stereocenters. The maximum Gasteiger partial charge on any atom is 0.134 e. The molecule has 0 unspecified atom stereocenters. The number of halogens is 1. The van der Waals surface area contributed by atoms with Crippen LogP contribution in [-0.2, 0) is 0 Å². The third kappa shape index (κ3) is 2.71. The molecule has 5 nitrogen and oxygen atoms in total. The summed E-state index contributed by atoms with van der Waals surface area (Å²) >= 11 is 3.46. The number of nitrogens with zero attached hydrogens (tertiary/aromatic N) is 1. The average Bonchev–Trinajstić information content (AvgIpc) is 2.46. The van der Waals surface area contributed by atoms with E-state index in [1.807, 2.05) is 24.3 Å². The summed E-state index contributed by atoms with van der Waals surface area (Å²) in [6.45, 7) is -1.19. The number of nitrogens with one attached hydrogen (secondary N) is 1. The second-order valence-electron chi connectivity index (χ2n) is 4.37. The smallest absolute Gasteiger partial charge is 0.134 e. The highest BCUT2D eigenvalue weighted by atomic mass is 79.9. The first-order valence-corrected chi connectivity index (χ1v) is 6.59. The fourth-order valence-corrected chi connectivity index (χ4v) is 2.29. The van der Waals surface area contributed by atoms with Crippen molar-refractivity contribution in [3.63, 3.8) is 0 Å². The molecule has 0 aliphatic carbocycles. The number of hydrogen-bond donors (Lipinski definition) is 4. The second-order valence-corrected chi connectivity index (χ2v) is 5.23. The number of hydrogen-bond acceptors (Lipinski definition) is 5. The van der Waals surface area contributed by atoms with Crippen LogP contribution in [0.1, 0.15) is 0 Å². The van der Waals surface area contributed by atoms with E-state index in [0.29, 0.717) is 5.82 Å². The number of benzene rings is 1. The van der Waals surface area contributed by atoms with E-state index in [1.54, 1.807) is 6.20 Å². The van der Waals surface area contributed by atoms with Crippen LogP contribution in [0.15, 0.2) is 34.9 Å². The highest BCUT2D eigenvalue weighted by Crippen LogP contribution is 2.29. The van der Waals surface area contributed by atoms with Crippen molar-refractivity contribution in [2.24, 2.45) is 0 Å².